The first-order valence-corrected chi connectivity index (χ1v) is 8.94. The fourth-order valence-electron chi connectivity index (χ4n) is 2.25. The summed E-state index contributed by atoms with van der Waals surface area (Å²) in [5, 5.41) is 3.59. The van der Waals surface area contributed by atoms with Crippen LogP contribution in [0.3, 0.4) is 0 Å². The lowest BCUT2D eigenvalue weighted by molar-refractivity contribution is 0.600. The highest BCUT2D eigenvalue weighted by molar-refractivity contribution is 7.93. The van der Waals surface area contributed by atoms with Gasteiger partial charge in [0.1, 0.15) is 0 Å². The number of thiazole rings is 1. The van der Waals surface area contributed by atoms with Crippen LogP contribution in [0.1, 0.15) is 22.9 Å². The van der Waals surface area contributed by atoms with Crippen molar-refractivity contribution in [2.45, 2.75) is 32.6 Å². The number of aryl methyl sites for hydroxylation is 3. The number of hydrogen-bond donors (Lipinski definition) is 2. The van der Waals surface area contributed by atoms with Gasteiger partial charge in [0.15, 0.2) is 5.13 Å². The molecule has 0 aliphatic carbocycles. The SMILES string of the molecule is CCNc1cc(C)c(S(=O)(=O)Nc2ncc(C)s2)c(C)c1. The van der Waals surface area contributed by atoms with E-state index >= 15 is 0 Å². The third kappa shape index (κ3) is 3.54. The Bertz CT molecular complexity index is 728. The molecule has 0 saturated heterocycles. The number of aromatic nitrogens is 1. The number of anilines is 2. The van der Waals surface area contributed by atoms with Crippen molar-refractivity contribution < 1.29 is 8.42 Å². The normalized spacial score (nSPS) is 11.4. The number of benzene rings is 1. The molecule has 0 bridgehead atoms. The van der Waals surface area contributed by atoms with E-state index in [0.29, 0.717) is 21.2 Å². The van der Waals surface area contributed by atoms with E-state index in [4.69, 9.17) is 0 Å². The quantitative estimate of drug-likeness (QED) is 0.885. The minimum absolute atomic E-state index is 0.317. The van der Waals surface area contributed by atoms with Crippen molar-refractivity contribution in [2.75, 3.05) is 16.6 Å². The lowest BCUT2D eigenvalue weighted by Gasteiger charge is -2.14. The van der Waals surface area contributed by atoms with E-state index in [0.717, 1.165) is 17.1 Å². The second-order valence-electron chi connectivity index (χ2n) is 4.85. The highest BCUT2D eigenvalue weighted by Gasteiger charge is 2.21. The molecule has 7 heteroatoms. The van der Waals surface area contributed by atoms with Gasteiger partial charge in [0.25, 0.3) is 10.0 Å². The van der Waals surface area contributed by atoms with E-state index in [2.05, 4.69) is 15.0 Å². The van der Waals surface area contributed by atoms with Crippen molar-refractivity contribution in [1.29, 1.82) is 0 Å². The molecular weight excluding hydrogens is 306 g/mol. The number of sulfonamides is 1. The van der Waals surface area contributed by atoms with Crippen molar-refractivity contribution in [1.82, 2.24) is 4.98 Å². The minimum Gasteiger partial charge on any atom is -0.385 e. The van der Waals surface area contributed by atoms with Gasteiger partial charge in [-0.25, -0.2) is 13.4 Å². The van der Waals surface area contributed by atoms with Crippen molar-refractivity contribution in [3.05, 3.63) is 34.3 Å². The van der Waals surface area contributed by atoms with Crippen LogP contribution < -0.4 is 10.0 Å². The summed E-state index contributed by atoms with van der Waals surface area (Å²) in [4.78, 5) is 5.33. The third-order valence-electron chi connectivity index (χ3n) is 2.95. The van der Waals surface area contributed by atoms with Crippen molar-refractivity contribution >= 4 is 32.2 Å². The molecule has 0 atom stereocenters. The summed E-state index contributed by atoms with van der Waals surface area (Å²) in [6, 6.07) is 3.69. The summed E-state index contributed by atoms with van der Waals surface area (Å²) in [5.41, 5.74) is 2.36. The summed E-state index contributed by atoms with van der Waals surface area (Å²) >= 11 is 1.32. The van der Waals surface area contributed by atoms with Gasteiger partial charge in [-0.05, 0) is 51.0 Å². The van der Waals surface area contributed by atoms with Gasteiger partial charge < -0.3 is 5.32 Å². The molecule has 1 aromatic carbocycles. The van der Waals surface area contributed by atoms with E-state index in [1.165, 1.54) is 11.3 Å². The van der Waals surface area contributed by atoms with Crippen LogP contribution in [-0.2, 0) is 10.0 Å². The summed E-state index contributed by atoms with van der Waals surface area (Å²) in [6.07, 6.45) is 1.65. The van der Waals surface area contributed by atoms with Gasteiger partial charge in [0.05, 0.1) is 4.90 Å². The second-order valence-corrected chi connectivity index (χ2v) is 7.71. The Balaban J connectivity index is 2.40. The maximum absolute atomic E-state index is 12.6. The van der Waals surface area contributed by atoms with Gasteiger partial charge >= 0.3 is 0 Å². The van der Waals surface area contributed by atoms with Gasteiger partial charge in [-0.1, -0.05) is 0 Å². The Hall–Kier alpha value is -1.60. The molecule has 0 unspecified atom stereocenters. The Labute approximate surface area is 129 Å². The zero-order valence-corrected chi connectivity index (χ0v) is 14.2. The lowest BCUT2D eigenvalue weighted by atomic mass is 10.1. The Morgan fingerprint density at radius 2 is 1.81 bits per heavy atom. The average Bonchev–Trinajstić information content (AvgIpc) is 2.72. The third-order valence-corrected chi connectivity index (χ3v) is 5.55. The predicted molar refractivity (Wildman–Crippen MR) is 87.7 cm³/mol. The monoisotopic (exact) mass is 325 g/mol. The van der Waals surface area contributed by atoms with Crippen molar-refractivity contribution in [2.24, 2.45) is 0 Å². The average molecular weight is 325 g/mol. The van der Waals surface area contributed by atoms with Crippen LogP contribution in [0.4, 0.5) is 10.8 Å². The molecule has 1 heterocycles. The van der Waals surface area contributed by atoms with Crippen LogP contribution >= 0.6 is 11.3 Å². The van der Waals surface area contributed by atoms with Gasteiger partial charge in [0.2, 0.25) is 0 Å². The van der Waals surface area contributed by atoms with Gasteiger partial charge in [-0.2, -0.15) is 0 Å². The van der Waals surface area contributed by atoms with Gasteiger partial charge in [0, 0.05) is 23.3 Å². The van der Waals surface area contributed by atoms with E-state index in [-0.39, 0.29) is 0 Å². The Morgan fingerprint density at radius 3 is 2.29 bits per heavy atom. The minimum atomic E-state index is -3.62. The fourth-order valence-corrected chi connectivity index (χ4v) is 4.61. The van der Waals surface area contributed by atoms with E-state index in [1.807, 2.05) is 26.0 Å². The molecule has 0 fully saturated rings. The van der Waals surface area contributed by atoms with E-state index in [9.17, 15) is 8.42 Å². The molecule has 2 N–H and O–H groups in total. The van der Waals surface area contributed by atoms with Gasteiger partial charge in [-0.15, -0.1) is 11.3 Å². The number of nitrogens with one attached hydrogen (secondary N) is 2. The Kier molecular flexibility index (Phi) is 4.53. The number of hydrogen-bond acceptors (Lipinski definition) is 5. The lowest BCUT2D eigenvalue weighted by Crippen LogP contribution is -2.16. The highest BCUT2D eigenvalue weighted by Crippen LogP contribution is 2.27. The van der Waals surface area contributed by atoms with Crippen LogP contribution in [0.15, 0.2) is 23.2 Å². The first-order valence-electron chi connectivity index (χ1n) is 6.64. The van der Waals surface area contributed by atoms with E-state index in [1.54, 1.807) is 20.0 Å². The van der Waals surface area contributed by atoms with Crippen molar-refractivity contribution in [3.8, 4) is 0 Å². The molecule has 0 aliphatic heterocycles. The van der Waals surface area contributed by atoms with Crippen LogP contribution in [0.5, 0.6) is 0 Å². The topological polar surface area (TPSA) is 71.1 Å². The fraction of sp³-hybridized carbons (Fsp3) is 0.357. The molecule has 0 amide bonds. The van der Waals surface area contributed by atoms with Crippen LogP contribution in [0, 0.1) is 20.8 Å². The molecule has 2 aromatic rings. The molecule has 0 radical (unpaired) electrons. The van der Waals surface area contributed by atoms with E-state index < -0.39 is 10.0 Å². The van der Waals surface area contributed by atoms with Crippen LogP contribution in [0.25, 0.3) is 0 Å². The van der Waals surface area contributed by atoms with Crippen molar-refractivity contribution in [3.63, 3.8) is 0 Å². The molecule has 114 valence electrons. The zero-order valence-electron chi connectivity index (χ0n) is 12.5. The number of nitrogens with zero attached hydrogens (tertiary/aromatic N) is 1. The summed E-state index contributed by atoms with van der Waals surface area (Å²) in [5.74, 6) is 0. The molecule has 1 aromatic heterocycles. The first kappa shape index (κ1) is 15.8. The van der Waals surface area contributed by atoms with Crippen LogP contribution in [-0.4, -0.2) is 19.9 Å². The molecule has 0 spiro atoms. The second kappa shape index (κ2) is 6.03. The zero-order chi connectivity index (χ0) is 15.6. The standard InChI is InChI=1S/C14H19N3O2S2/c1-5-15-12-6-9(2)13(10(3)7-12)21(18,19)17-14-16-8-11(4)20-14/h6-8,15H,5H2,1-4H3,(H,16,17). The van der Waals surface area contributed by atoms with Gasteiger partial charge in [-0.3, -0.25) is 4.72 Å². The summed E-state index contributed by atoms with van der Waals surface area (Å²) in [7, 11) is -3.62. The van der Waals surface area contributed by atoms with Crippen LogP contribution in [0.2, 0.25) is 0 Å². The first-order chi connectivity index (χ1) is 9.83. The summed E-state index contributed by atoms with van der Waals surface area (Å²) < 4.78 is 27.7. The Morgan fingerprint density at radius 1 is 1.19 bits per heavy atom. The molecular formula is C14H19N3O2S2. The maximum Gasteiger partial charge on any atom is 0.264 e. The summed E-state index contributed by atoms with van der Waals surface area (Å²) in [6.45, 7) is 8.28. The molecule has 0 saturated carbocycles. The molecule has 2 rings (SSSR count). The largest absolute Gasteiger partial charge is 0.385 e. The maximum atomic E-state index is 12.6. The number of rotatable bonds is 5. The smallest absolute Gasteiger partial charge is 0.264 e. The highest BCUT2D eigenvalue weighted by atomic mass is 32.2. The molecule has 0 aliphatic rings. The molecule has 5 nitrogen and oxygen atoms in total. The predicted octanol–water partition coefficient (Wildman–Crippen LogP) is 3.30. The molecule has 21 heavy (non-hydrogen) atoms.